The molecule has 29 heavy (non-hydrogen) atoms. The lowest BCUT2D eigenvalue weighted by Crippen LogP contribution is -2.30. The SMILES string of the molecule is Cc1nc(C(=O)N2CCCC2)nc(NCCc2cn[nH]c2)c1C.c1ccncc1. The van der Waals surface area contributed by atoms with Crippen LogP contribution >= 0.6 is 0 Å². The van der Waals surface area contributed by atoms with Crippen LogP contribution in [-0.2, 0) is 6.42 Å². The standard InChI is InChI=1S/C16H22N6O.C5H5N/c1-11-12(2)20-15(16(23)22-7-3-4-8-22)21-14(11)17-6-5-13-9-18-19-10-13;1-2-4-6-5-3-1/h9-10H,3-8H2,1-2H3,(H,18,19)(H,17,20,21);1-5H. The van der Waals surface area contributed by atoms with Gasteiger partial charge in [-0.25, -0.2) is 9.97 Å². The molecule has 3 aromatic heterocycles. The van der Waals surface area contributed by atoms with Crippen molar-refractivity contribution in [1.29, 1.82) is 0 Å². The minimum absolute atomic E-state index is 0.0662. The highest BCUT2D eigenvalue weighted by Crippen LogP contribution is 2.17. The van der Waals surface area contributed by atoms with E-state index in [0.29, 0.717) is 5.82 Å². The first-order valence-electron chi connectivity index (χ1n) is 9.86. The van der Waals surface area contributed by atoms with Crippen LogP contribution in [0, 0.1) is 13.8 Å². The predicted octanol–water partition coefficient (Wildman–Crippen LogP) is 2.79. The molecule has 0 spiro atoms. The summed E-state index contributed by atoms with van der Waals surface area (Å²) in [6.07, 6.45) is 10.2. The van der Waals surface area contributed by atoms with Gasteiger partial charge in [-0.05, 0) is 50.8 Å². The molecule has 0 radical (unpaired) electrons. The van der Waals surface area contributed by atoms with Gasteiger partial charge in [-0.3, -0.25) is 14.9 Å². The number of hydrogen-bond donors (Lipinski definition) is 2. The summed E-state index contributed by atoms with van der Waals surface area (Å²) < 4.78 is 0. The van der Waals surface area contributed by atoms with Crippen LogP contribution in [0.2, 0.25) is 0 Å². The molecule has 0 aliphatic carbocycles. The Morgan fingerprint density at radius 2 is 1.90 bits per heavy atom. The van der Waals surface area contributed by atoms with E-state index in [1.807, 2.05) is 49.3 Å². The van der Waals surface area contributed by atoms with Gasteiger partial charge >= 0.3 is 0 Å². The second-order valence-corrected chi connectivity index (χ2v) is 6.91. The molecule has 1 saturated heterocycles. The Bertz CT molecular complexity index is 864. The number of aryl methyl sites for hydroxylation is 1. The third-order valence-corrected chi connectivity index (χ3v) is 4.80. The van der Waals surface area contributed by atoms with Crippen molar-refractivity contribution < 1.29 is 4.79 Å². The zero-order valence-electron chi connectivity index (χ0n) is 16.9. The number of hydrogen-bond acceptors (Lipinski definition) is 6. The monoisotopic (exact) mass is 393 g/mol. The lowest BCUT2D eigenvalue weighted by molar-refractivity contribution is 0.0780. The van der Waals surface area contributed by atoms with Crippen molar-refractivity contribution in [2.75, 3.05) is 25.0 Å². The molecule has 152 valence electrons. The van der Waals surface area contributed by atoms with Crippen molar-refractivity contribution >= 4 is 11.7 Å². The molecule has 0 atom stereocenters. The summed E-state index contributed by atoms with van der Waals surface area (Å²) in [6.45, 7) is 6.23. The summed E-state index contributed by atoms with van der Waals surface area (Å²) in [5, 5.41) is 10.0. The zero-order chi connectivity index (χ0) is 20.5. The molecule has 1 aliphatic heterocycles. The van der Waals surface area contributed by atoms with Gasteiger partial charge < -0.3 is 10.2 Å². The normalized spacial score (nSPS) is 13.0. The third-order valence-electron chi connectivity index (χ3n) is 4.80. The van der Waals surface area contributed by atoms with E-state index >= 15 is 0 Å². The van der Waals surface area contributed by atoms with Crippen LogP contribution in [0.15, 0.2) is 43.0 Å². The molecule has 1 aliphatic rings. The molecular formula is C21H27N7O. The molecule has 0 bridgehead atoms. The number of carbonyl (C=O) groups excluding carboxylic acids is 1. The molecule has 0 unspecified atom stereocenters. The molecule has 0 saturated carbocycles. The van der Waals surface area contributed by atoms with Crippen molar-refractivity contribution in [1.82, 2.24) is 30.0 Å². The van der Waals surface area contributed by atoms with Crippen LogP contribution in [0.3, 0.4) is 0 Å². The second-order valence-electron chi connectivity index (χ2n) is 6.91. The number of H-pyrrole nitrogens is 1. The molecule has 0 aromatic carbocycles. The minimum atomic E-state index is -0.0662. The molecule has 1 fully saturated rings. The van der Waals surface area contributed by atoms with Gasteiger partial charge in [0.1, 0.15) is 5.82 Å². The average Bonchev–Trinajstić information content (AvgIpc) is 3.46. The lowest BCUT2D eigenvalue weighted by Gasteiger charge is -2.16. The first-order valence-corrected chi connectivity index (χ1v) is 9.86. The fourth-order valence-corrected chi connectivity index (χ4v) is 3.01. The van der Waals surface area contributed by atoms with Crippen molar-refractivity contribution in [3.63, 3.8) is 0 Å². The number of nitrogens with one attached hydrogen (secondary N) is 2. The molecule has 8 heteroatoms. The predicted molar refractivity (Wildman–Crippen MR) is 112 cm³/mol. The highest BCUT2D eigenvalue weighted by molar-refractivity contribution is 5.91. The summed E-state index contributed by atoms with van der Waals surface area (Å²) in [7, 11) is 0. The van der Waals surface area contributed by atoms with Gasteiger partial charge in [0.2, 0.25) is 5.82 Å². The van der Waals surface area contributed by atoms with Crippen molar-refractivity contribution in [2.24, 2.45) is 0 Å². The molecule has 4 rings (SSSR count). The topological polar surface area (TPSA) is 99.7 Å². The third kappa shape index (κ3) is 5.84. The van der Waals surface area contributed by atoms with E-state index in [9.17, 15) is 4.79 Å². The van der Waals surface area contributed by atoms with E-state index < -0.39 is 0 Å². The van der Waals surface area contributed by atoms with Gasteiger partial charge in [-0.15, -0.1) is 0 Å². The van der Waals surface area contributed by atoms with E-state index in [1.165, 1.54) is 0 Å². The number of nitrogens with zero attached hydrogens (tertiary/aromatic N) is 5. The molecule has 3 aromatic rings. The number of carbonyl (C=O) groups is 1. The largest absolute Gasteiger partial charge is 0.369 e. The Morgan fingerprint density at radius 3 is 2.48 bits per heavy atom. The van der Waals surface area contributed by atoms with Gasteiger partial charge in [0.05, 0.1) is 6.20 Å². The van der Waals surface area contributed by atoms with E-state index in [-0.39, 0.29) is 5.91 Å². The van der Waals surface area contributed by atoms with E-state index in [0.717, 1.165) is 61.5 Å². The summed E-state index contributed by atoms with van der Waals surface area (Å²) >= 11 is 0. The van der Waals surface area contributed by atoms with Crippen LogP contribution < -0.4 is 5.32 Å². The summed E-state index contributed by atoms with van der Waals surface area (Å²) in [5.74, 6) is 0.966. The molecular weight excluding hydrogens is 366 g/mol. The Hall–Kier alpha value is -3.29. The minimum Gasteiger partial charge on any atom is -0.369 e. The maximum absolute atomic E-state index is 12.5. The number of aromatic amines is 1. The van der Waals surface area contributed by atoms with Gasteiger partial charge in [0, 0.05) is 49.5 Å². The Labute approximate surface area is 170 Å². The maximum atomic E-state index is 12.5. The molecule has 2 N–H and O–H groups in total. The lowest BCUT2D eigenvalue weighted by atomic mass is 10.2. The number of anilines is 1. The number of rotatable bonds is 5. The van der Waals surface area contributed by atoms with Crippen LogP contribution in [0.25, 0.3) is 0 Å². The van der Waals surface area contributed by atoms with Crippen molar-refractivity contribution in [3.05, 3.63) is 65.6 Å². The Balaban J connectivity index is 0.000000343. The summed E-state index contributed by atoms with van der Waals surface area (Å²) in [4.78, 5) is 26.9. The Kier molecular flexibility index (Phi) is 7.27. The van der Waals surface area contributed by atoms with E-state index in [1.54, 1.807) is 12.4 Å². The quantitative estimate of drug-likeness (QED) is 0.691. The van der Waals surface area contributed by atoms with Gasteiger partial charge in [0.15, 0.2) is 0 Å². The Morgan fingerprint density at radius 1 is 1.14 bits per heavy atom. The molecule has 1 amide bonds. The van der Waals surface area contributed by atoms with Crippen LogP contribution in [0.5, 0.6) is 0 Å². The molecule has 4 heterocycles. The van der Waals surface area contributed by atoms with E-state index in [4.69, 9.17) is 0 Å². The van der Waals surface area contributed by atoms with Crippen LogP contribution in [0.1, 0.15) is 40.3 Å². The first-order chi connectivity index (χ1) is 14.1. The number of amides is 1. The fraction of sp³-hybridized carbons (Fsp3) is 0.381. The summed E-state index contributed by atoms with van der Waals surface area (Å²) in [6, 6.07) is 5.72. The number of pyridine rings is 1. The molecule has 8 nitrogen and oxygen atoms in total. The first kappa shape index (κ1) is 20.4. The van der Waals surface area contributed by atoms with Gasteiger partial charge in [-0.2, -0.15) is 5.10 Å². The summed E-state index contributed by atoms with van der Waals surface area (Å²) in [5.41, 5.74) is 2.96. The second kappa shape index (κ2) is 10.3. The maximum Gasteiger partial charge on any atom is 0.291 e. The smallest absolute Gasteiger partial charge is 0.291 e. The highest BCUT2D eigenvalue weighted by atomic mass is 16.2. The van der Waals surface area contributed by atoms with Gasteiger partial charge in [0.25, 0.3) is 5.91 Å². The van der Waals surface area contributed by atoms with Crippen molar-refractivity contribution in [2.45, 2.75) is 33.1 Å². The van der Waals surface area contributed by atoms with Crippen LogP contribution in [0.4, 0.5) is 5.82 Å². The van der Waals surface area contributed by atoms with E-state index in [2.05, 4.69) is 30.5 Å². The number of aromatic nitrogens is 5. The zero-order valence-corrected chi connectivity index (χ0v) is 16.9. The highest BCUT2D eigenvalue weighted by Gasteiger charge is 2.23. The van der Waals surface area contributed by atoms with Crippen LogP contribution in [-0.4, -0.2) is 55.6 Å². The fourth-order valence-electron chi connectivity index (χ4n) is 3.01. The van der Waals surface area contributed by atoms with Crippen molar-refractivity contribution in [3.8, 4) is 0 Å². The number of likely N-dealkylation sites (tertiary alicyclic amines) is 1. The van der Waals surface area contributed by atoms with Gasteiger partial charge in [-0.1, -0.05) is 6.07 Å². The average molecular weight is 393 g/mol.